The standard InChI is InChI=1S/C12H16N2O3/c1-9-7-11(14(15)16)4-5-12(9)17-8-10-3-2-6-13-10/h4-5,7,10,13H,2-3,6,8H2,1H3/t10-/m1/s1. The first-order chi connectivity index (χ1) is 8.16. The van der Waals surface area contributed by atoms with Gasteiger partial charge in [-0.2, -0.15) is 0 Å². The van der Waals surface area contributed by atoms with E-state index < -0.39 is 4.92 Å². The predicted molar refractivity (Wildman–Crippen MR) is 64.4 cm³/mol. The van der Waals surface area contributed by atoms with Crippen molar-refractivity contribution in [2.75, 3.05) is 13.2 Å². The second-order valence-corrected chi connectivity index (χ2v) is 4.31. The van der Waals surface area contributed by atoms with Gasteiger partial charge in [-0.3, -0.25) is 10.1 Å². The maximum atomic E-state index is 10.6. The maximum Gasteiger partial charge on any atom is 0.269 e. The summed E-state index contributed by atoms with van der Waals surface area (Å²) in [5, 5.41) is 13.9. The molecule has 5 nitrogen and oxygen atoms in total. The van der Waals surface area contributed by atoms with E-state index in [9.17, 15) is 10.1 Å². The zero-order chi connectivity index (χ0) is 12.3. The Bertz CT molecular complexity index is 414. The SMILES string of the molecule is Cc1cc([N+](=O)[O-])ccc1OC[C@H]1CCCN1. The number of nitrogens with one attached hydrogen (secondary N) is 1. The molecule has 92 valence electrons. The van der Waals surface area contributed by atoms with Gasteiger partial charge in [0.05, 0.1) is 4.92 Å². The van der Waals surface area contributed by atoms with E-state index in [2.05, 4.69) is 5.32 Å². The summed E-state index contributed by atoms with van der Waals surface area (Å²) in [6.45, 7) is 3.50. The van der Waals surface area contributed by atoms with Crippen molar-refractivity contribution in [1.82, 2.24) is 5.32 Å². The van der Waals surface area contributed by atoms with E-state index in [0.29, 0.717) is 12.6 Å². The normalized spacial score (nSPS) is 19.2. The van der Waals surface area contributed by atoms with Crippen LogP contribution in [0.25, 0.3) is 0 Å². The van der Waals surface area contributed by atoms with Crippen LogP contribution in [0.1, 0.15) is 18.4 Å². The van der Waals surface area contributed by atoms with Crippen LogP contribution in [-0.2, 0) is 0 Å². The van der Waals surface area contributed by atoms with Gasteiger partial charge in [0.1, 0.15) is 12.4 Å². The van der Waals surface area contributed by atoms with E-state index in [-0.39, 0.29) is 5.69 Å². The third kappa shape index (κ3) is 2.94. The molecule has 0 saturated carbocycles. The number of non-ortho nitro benzene ring substituents is 1. The van der Waals surface area contributed by atoms with E-state index >= 15 is 0 Å². The first kappa shape index (κ1) is 11.9. The summed E-state index contributed by atoms with van der Waals surface area (Å²) in [6.07, 6.45) is 2.32. The number of hydrogen-bond acceptors (Lipinski definition) is 4. The molecule has 17 heavy (non-hydrogen) atoms. The molecule has 1 saturated heterocycles. The monoisotopic (exact) mass is 236 g/mol. The lowest BCUT2D eigenvalue weighted by Gasteiger charge is -2.13. The molecule has 1 aromatic rings. The van der Waals surface area contributed by atoms with Crippen LogP contribution in [0.15, 0.2) is 18.2 Å². The number of hydrogen-bond donors (Lipinski definition) is 1. The quantitative estimate of drug-likeness (QED) is 0.641. The van der Waals surface area contributed by atoms with Crippen molar-refractivity contribution < 1.29 is 9.66 Å². The van der Waals surface area contributed by atoms with Crippen molar-refractivity contribution in [2.24, 2.45) is 0 Å². The van der Waals surface area contributed by atoms with Gasteiger partial charge in [0.25, 0.3) is 5.69 Å². The van der Waals surface area contributed by atoms with Gasteiger partial charge in [0.2, 0.25) is 0 Å². The average molecular weight is 236 g/mol. The van der Waals surface area contributed by atoms with Gasteiger partial charge in [-0.1, -0.05) is 0 Å². The summed E-state index contributed by atoms with van der Waals surface area (Å²) < 4.78 is 5.67. The summed E-state index contributed by atoms with van der Waals surface area (Å²) in [6, 6.07) is 5.09. The highest BCUT2D eigenvalue weighted by molar-refractivity contribution is 5.42. The van der Waals surface area contributed by atoms with Crippen LogP contribution >= 0.6 is 0 Å². The zero-order valence-corrected chi connectivity index (χ0v) is 9.81. The molecule has 5 heteroatoms. The number of rotatable bonds is 4. The highest BCUT2D eigenvalue weighted by atomic mass is 16.6. The molecule has 1 fully saturated rings. The fourth-order valence-corrected chi connectivity index (χ4v) is 2.00. The van der Waals surface area contributed by atoms with E-state index in [1.165, 1.54) is 18.6 Å². The number of aryl methyl sites for hydroxylation is 1. The Hall–Kier alpha value is -1.62. The van der Waals surface area contributed by atoms with Crippen molar-refractivity contribution in [3.63, 3.8) is 0 Å². The summed E-state index contributed by atoms with van der Waals surface area (Å²) >= 11 is 0. The summed E-state index contributed by atoms with van der Waals surface area (Å²) in [7, 11) is 0. The second-order valence-electron chi connectivity index (χ2n) is 4.31. The Balaban J connectivity index is 1.98. The topological polar surface area (TPSA) is 64.4 Å². The van der Waals surface area contributed by atoms with E-state index in [1.807, 2.05) is 6.92 Å². The minimum absolute atomic E-state index is 0.105. The molecule has 1 atom stereocenters. The molecule has 0 amide bonds. The Morgan fingerprint density at radius 3 is 3.00 bits per heavy atom. The molecule has 1 aliphatic heterocycles. The molecule has 0 unspecified atom stereocenters. The zero-order valence-electron chi connectivity index (χ0n) is 9.81. The molecule has 1 heterocycles. The van der Waals surface area contributed by atoms with Crippen molar-refractivity contribution >= 4 is 5.69 Å². The van der Waals surface area contributed by atoms with Gasteiger partial charge in [0.15, 0.2) is 0 Å². The molecular formula is C12H16N2O3. The highest BCUT2D eigenvalue weighted by Gasteiger charge is 2.15. The van der Waals surface area contributed by atoms with Crippen LogP contribution in [0.3, 0.4) is 0 Å². The van der Waals surface area contributed by atoms with E-state index in [0.717, 1.165) is 24.3 Å². The Labute approximate surface area is 99.9 Å². The van der Waals surface area contributed by atoms with Crippen molar-refractivity contribution in [3.05, 3.63) is 33.9 Å². The number of benzene rings is 1. The molecule has 0 aromatic heterocycles. The van der Waals surface area contributed by atoms with Crippen LogP contribution in [0.5, 0.6) is 5.75 Å². The molecular weight excluding hydrogens is 220 g/mol. The largest absolute Gasteiger partial charge is 0.492 e. The third-order valence-electron chi connectivity index (χ3n) is 2.97. The molecule has 1 aliphatic rings. The summed E-state index contributed by atoms with van der Waals surface area (Å²) in [4.78, 5) is 10.2. The fraction of sp³-hybridized carbons (Fsp3) is 0.500. The van der Waals surface area contributed by atoms with Crippen LogP contribution in [0, 0.1) is 17.0 Å². The Morgan fingerprint density at radius 2 is 2.41 bits per heavy atom. The molecule has 1 N–H and O–H groups in total. The summed E-state index contributed by atoms with van der Waals surface area (Å²) in [5.41, 5.74) is 0.908. The van der Waals surface area contributed by atoms with E-state index in [1.54, 1.807) is 6.07 Å². The van der Waals surface area contributed by atoms with Crippen molar-refractivity contribution in [3.8, 4) is 5.75 Å². The summed E-state index contributed by atoms with van der Waals surface area (Å²) in [5.74, 6) is 0.726. The lowest BCUT2D eigenvalue weighted by atomic mass is 10.2. The molecule has 2 rings (SSSR count). The van der Waals surface area contributed by atoms with Crippen LogP contribution in [0.2, 0.25) is 0 Å². The first-order valence-corrected chi connectivity index (χ1v) is 5.78. The van der Waals surface area contributed by atoms with Crippen LogP contribution in [0.4, 0.5) is 5.69 Å². The molecule has 0 spiro atoms. The van der Waals surface area contributed by atoms with Gasteiger partial charge >= 0.3 is 0 Å². The van der Waals surface area contributed by atoms with Crippen molar-refractivity contribution in [1.29, 1.82) is 0 Å². The highest BCUT2D eigenvalue weighted by Crippen LogP contribution is 2.23. The molecule has 0 bridgehead atoms. The number of nitrogens with zero attached hydrogens (tertiary/aromatic N) is 1. The lowest BCUT2D eigenvalue weighted by molar-refractivity contribution is -0.384. The second kappa shape index (κ2) is 5.14. The number of nitro benzene ring substituents is 1. The number of ether oxygens (including phenoxy) is 1. The average Bonchev–Trinajstić information content (AvgIpc) is 2.80. The Kier molecular flexibility index (Phi) is 3.58. The smallest absolute Gasteiger partial charge is 0.269 e. The van der Waals surface area contributed by atoms with Gasteiger partial charge in [-0.05, 0) is 37.9 Å². The molecule has 0 radical (unpaired) electrons. The molecule has 1 aromatic carbocycles. The van der Waals surface area contributed by atoms with Gasteiger partial charge < -0.3 is 10.1 Å². The van der Waals surface area contributed by atoms with Crippen molar-refractivity contribution in [2.45, 2.75) is 25.8 Å². The van der Waals surface area contributed by atoms with Gasteiger partial charge in [-0.15, -0.1) is 0 Å². The van der Waals surface area contributed by atoms with Gasteiger partial charge in [-0.25, -0.2) is 0 Å². The maximum absolute atomic E-state index is 10.6. The first-order valence-electron chi connectivity index (χ1n) is 5.78. The van der Waals surface area contributed by atoms with Crippen LogP contribution in [-0.4, -0.2) is 24.1 Å². The van der Waals surface area contributed by atoms with Crippen LogP contribution < -0.4 is 10.1 Å². The molecule has 0 aliphatic carbocycles. The number of nitro groups is 1. The fourth-order valence-electron chi connectivity index (χ4n) is 2.00. The minimum Gasteiger partial charge on any atom is -0.492 e. The van der Waals surface area contributed by atoms with Gasteiger partial charge in [0, 0.05) is 18.2 Å². The predicted octanol–water partition coefficient (Wildman–Crippen LogP) is 2.03. The lowest BCUT2D eigenvalue weighted by Crippen LogP contribution is -2.28. The third-order valence-corrected chi connectivity index (χ3v) is 2.97. The minimum atomic E-state index is -0.394. The Morgan fingerprint density at radius 1 is 1.59 bits per heavy atom. The van der Waals surface area contributed by atoms with E-state index in [4.69, 9.17) is 4.74 Å².